The molecule has 0 spiro atoms. The van der Waals surface area contributed by atoms with Crippen molar-refractivity contribution in [1.82, 2.24) is 5.32 Å². The molecule has 102 valence electrons. The number of aliphatic hydroxyl groups excluding tert-OH is 1. The number of hydrogen-bond donors (Lipinski definition) is 2. The molecule has 2 rings (SSSR count). The highest BCUT2D eigenvalue weighted by Crippen LogP contribution is 2.49. The normalized spacial score (nSPS) is 34.1. The number of nitrogens with one attached hydrogen (secondary N) is 1. The van der Waals surface area contributed by atoms with Crippen molar-refractivity contribution < 1.29 is 14.6 Å². The molecule has 2 saturated carbocycles. The number of hydrogen-bond acceptors (Lipinski definition) is 3. The van der Waals surface area contributed by atoms with Gasteiger partial charge in [-0.3, -0.25) is 0 Å². The van der Waals surface area contributed by atoms with Gasteiger partial charge in [0.2, 0.25) is 0 Å². The zero-order valence-electron chi connectivity index (χ0n) is 11.0. The molecular formula is C14H23NO3. The summed E-state index contributed by atoms with van der Waals surface area (Å²) in [6.07, 6.45) is 8.21. The molecule has 4 heteroatoms. The number of carbonyl (C=O) groups excluding carboxylic acids is 1. The predicted molar refractivity (Wildman–Crippen MR) is 69.1 cm³/mol. The summed E-state index contributed by atoms with van der Waals surface area (Å²) in [5.74, 6) is 1.85. The van der Waals surface area contributed by atoms with Crippen LogP contribution in [0.3, 0.4) is 0 Å². The smallest absolute Gasteiger partial charge is 0.407 e. The number of ether oxygens (including phenoxy) is 1. The lowest BCUT2D eigenvalue weighted by atomic mass is 9.82. The van der Waals surface area contributed by atoms with Crippen LogP contribution in [0.15, 0.2) is 12.2 Å². The van der Waals surface area contributed by atoms with E-state index in [9.17, 15) is 4.79 Å². The van der Waals surface area contributed by atoms with Crippen LogP contribution in [-0.4, -0.2) is 30.5 Å². The van der Waals surface area contributed by atoms with Crippen molar-refractivity contribution in [3.63, 3.8) is 0 Å². The van der Waals surface area contributed by atoms with Gasteiger partial charge in [0, 0.05) is 6.04 Å². The molecule has 2 aliphatic rings. The summed E-state index contributed by atoms with van der Waals surface area (Å²) in [5.41, 5.74) is 0. The topological polar surface area (TPSA) is 58.6 Å². The van der Waals surface area contributed by atoms with E-state index in [1.165, 1.54) is 19.3 Å². The molecule has 0 aliphatic heterocycles. The van der Waals surface area contributed by atoms with Crippen molar-refractivity contribution in [2.24, 2.45) is 17.8 Å². The van der Waals surface area contributed by atoms with Gasteiger partial charge in [0.15, 0.2) is 0 Å². The largest absolute Gasteiger partial charge is 0.450 e. The maximum atomic E-state index is 11.6. The predicted octanol–water partition coefficient (Wildman–Crippen LogP) is 2.09. The second-order valence-corrected chi connectivity index (χ2v) is 5.28. The molecule has 0 aromatic carbocycles. The fourth-order valence-corrected chi connectivity index (χ4v) is 3.61. The zero-order chi connectivity index (χ0) is 13.0. The molecule has 2 bridgehead atoms. The summed E-state index contributed by atoms with van der Waals surface area (Å²) >= 11 is 0. The molecule has 0 saturated heterocycles. The lowest BCUT2D eigenvalue weighted by Crippen LogP contribution is -2.44. The van der Waals surface area contributed by atoms with Crippen LogP contribution in [0.25, 0.3) is 0 Å². The Labute approximate surface area is 108 Å². The Morgan fingerprint density at radius 3 is 2.89 bits per heavy atom. The van der Waals surface area contributed by atoms with Crippen LogP contribution < -0.4 is 5.32 Å². The number of alkyl carbamates (subject to hydrolysis) is 1. The molecule has 0 aromatic heterocycles. The van der Waals surface area contributed by atoms with Crippen molar-refractivity contribution in [3.8, 4) is 0 Å². The van der Waals surface area contributed by atoms with Crippen LogP contribution in [0.1, 0.15) is 32.6 Å². The van der Waals surface area contributed by atoms with Gasteiger partial charge in [0.05, 0.1) is 13.2 Å². The van der Waals surface area contributed by atoms with Crippen molar-refractivity contribution in [2.45, 2.75) is 38.6 Å². The third-order valence-electron chi connectivity index (χ3n) is 4.33. The van der Waals surface area contributed by atoms with Crippen LogP contribution in [0, 0.1) is 17.8 Å². The molecule has 0 radical (unpaired) electrons. The molecule has 0 aromatic rings. The Kier molecular flexibility index (Phi) is 4.64. The molecule has 2 fully saturated rings. The summed E-state index contributed by atoms with van der Waals surface area (Å²) in [4.78, 5) is 11.6. The molecular weight excluding hydrogens is 230 g/mol. The molecule has 1 amide bonds. The van der Waals surface area contributed by atoms with E-state index in [1.54, 1.807) is 6.08 Å². The lowest BCUT2D eigenvalue weighted by molar-refractivity contribution is 0.136. The van der Waals surface area contributed by atoms with E-state index in [4.69, 9.17) is 9.84 Å². The lowest BCUT2D eigenvalue weighted by Gasteiger charge is -2.30. The van der Waals surface area contributed by atoms with E-state index >= 15 is 0 Å². The van der Waals surface area contributed by atoms with Crippen LogP contribution in [0.5, 0.6) is 0 Å². The average Bonchev–Trinajstić information content (AvgIpc) is 2.92. The van der Waals surface area contributed by atoms with Crippen molar-refractivity contribution in [3.05, 3.63) is 12.2 Å². The Hall–Kier alpha value is -1.03. The fourth-order valence-electron chi connectivity index (χ4n) is 3.61. The van der Waals surface area contributed by atoms with Crippen LogP contribution in [0.2, 0.25) is 0 Å². The number of allylic oxidation sites excluding steroid dienone is 1. The minimum absolute atomic E-state index is 0.0940. The first-order chi connectivity index (χ1) is 8.76. The number of amides is 1. The minimum Gasteiger partial charge on any atom is -0.450 e. The average molecular weight is 253 g/mol. The third-order valence-corrected chi connectivity index (χ3v) is 4.33. The van der Waals surface area contributed by atoms with E-state index in [0.29, 0.717) is 18.4 Å². The number of rotatable bonds is 5. The van der Waals surface area contributed by atoms with Gasteiger partial charge in [0.25, 0.3) is 0 Å². The second-order valence-electron chi connectivity index (χ2n) is 5.28. The first-order valence-electron chi connectivity index (χ1n) is 6.95. The molecule has 18 heavy (non-hydrogen) atoms. The summed E-state index contributed by atoms with van der Waals surface area (Å²) in [6.45, 7) is 2.33. The molecule has 4 unspecified atom stereocenters. The van der Waals surface area contributed by atoms with Crippen LogP contribution in [0.4, 0.5) is 4.79 Å². The Morgan fingerprint density at radius 1 is 1.39 bits per heavy atom. The quantitative estimate of drug-likeness (QED) is 0.738. The SMILES string of the molecule is CCOC(=O)NC1C2CCC(C2)C1C/C=C/CO. The van der Waals surface area contributed by atoms with Gasteiger partial charge < -0.3 is 15.2 Å². The fraction of sp³-hybridized carbons (Fsp3) is 0.786. The highest BCUT2D eigenvalue weighted by atomic mass is 16.5. The maximum Gasteiger partial charge on any atom is 0.407 e. The molecule has 0 heterocycles. The van der Waals surface area contributed by atoms with Gasteiger partial charge in [-0.2, -0.15) is 0 Å². The number of fused-ring (bicyclic) bond motifs is 2. The summed E-state index contributed by atoms with van der Waals surface area (Å²) in [7, 11) is 0. The van der Waals surface area contributed by atoms with E-state index in [2.05, 4.69) is 5.32 Å². The van der Waals surface area contributed by atoms with Crippen molar-refractivity contribution in [2.75, 3.05) is 13.2 Å². The van der Waals surface area contributed by atoms with Gasteiger partial charge in [-0.25, -0.2) is 4.79 Å². The van der Waals surface area contributed by atoms with Crippen LogP contribution in [-0.2, 0) is 4.74 Å². The van der Waals surface area contributed by atoms with Gasteiger partial charge in [0.1, 0.15) is 0 Å². The van der Waals surface area contributed by atoms with Crippen molar-refractivity contribution in [1.29, 1.82) is 0 Å². The first-order valence-corrected chi connectivity index (χ1v) is 6.95. The summed E-state index contributed by atoms with van der Waals surface area (Å²) in [5, 5.41) is 11.8. The molecule has 4 nitrogen and oxygen atoms in total. The van der Waals surface area contributed by atoms with E-state index in [-0.39, 0.29) is 18.7 Å². The molecule has 2 aliphatic carbocycles. The minimum atomic E-state index is -0.286. The van der Waals surface area contributed by atoms with E-state index in [0.717, 1.165) is 12.3 Å². The Morgan fingerprint density at radius 2 is 2.17 bits per heavy atom. The Balaban J connectivity index is 1.93. The molecule has 4 atom stereocenters. The van der Waals surface area contributed by atoms with Gasteiger partial charge in [-0.05, 0) is 50.4 Å². The van der Waals surface area contributed by atoms with Gasteiger partial charge in [-0.1, -0.05) is 12.2 Å². The zero-order valence-corrected chi connectivity index (χ0v) is 11.0. The third kappa shape index (κ3) is 2.86. The van der Waals surface area contributed by atoms with E-state index < -0.39 is 0 Å². The van der Waals surface area contributed by atoms with E-state index in [1.807, 2.05) is 13.0 Å². The first kappa shape index (κ1) is 13.4. The number of aliphatic hydroxyl groups is 1. The summed E-state index contributed by atoms with van der Waals surface area (Å²) < 4.78 is 4.98. The Bertz CT molecular complexity index is 316. The second kappa shape index (κ2) is 6.23. The van der Waals surface area contributed by atoms with Crippen LogP contribution >= 0.6 is 0 Å². The monoisotopic (exact) mass is 253 g/mol. The highest BCUT2D eigenvalue weighted by molar-refractivity contribution is 5.67. The van der Waals surface area contributed by atoms with Gasteiger partial charge >= 0.3 is 6.09 Å². The standard InChI is InChI=1S/C14H23NO3/c1-2-18-14(17)15-13-11-7-6-10(9-11)12(13)5-3-4-8-16/h3-4,10-13,16H,2,5-9H2,1H3,(H,15,17)/b4-3+. The summed E-state index contributed by atoms with van der Waals surface area (Å²) in [6, 6.07) is 0.256. The van der Waals surface area contributed by atoms with Crippen molar-refractivity contribution >= 4 is 6.09 Å². The highest BCUT2D eigenvalue weighted by Gasteiger charge is 2.47. The maximum absolute atomic E-state index is 11.6. The van der Waals surface area contributed by atoms with Gasteiger partial charge in [-0.15, -0.1) is 0 Å². The molecule has 2 N–H and O–H groups in total. The number of carbonyl (C=O) groups is 1.